The van der Waals surface area contributed by atoms with E-state index in [0.717, 1.165) is 11.5 Å². The van der Waals surface area contributed by atoms with Gasteiger partial charge in [0.15, 0.2) is 5.82 Å². The van der Waals surface area contributed by atoms with Crippen molar-refractivity contribution in [1.29, 1.82) is 0 Å². The van der Waals surface area contributed by atoms with E-state index < -0.39 is 0 Å². The maximum Gasteiger partial charge on any atom is 0.245 e. The van der Waals surface area contributed by atoms with Crippen molar-refractivity contribution in [2.24, 2.45) is 0 Å². The molecule has 1 aromatic carbocycles. The second-order valence-corrected chi connectivity index (χ2v) is 5.25. The topological polar surface area (TPSA) is 51.0 Å². The fourth-order valence-electron chi connectivity index (χ4n) is 2.54. The van der Waals surface area contributed by atoms with Gasteiger partial charge in [-0.05, 0) is 31.9 Å². The quantitative estimate of drug-likeness (QED) is 0.908. The molecule has 4 heteroatoms. The normalized spacial score (nSPS) is 15.8. The van der Waals surface area contributed by atoms with Crippen LogP contribution >= 0.6 is 0 Å². The average molecular weight is 257 g/mol. The zero-order chi connectivity index (χ0) is 13.1. The van der Waals surface area contributed by atoms with Crippen LogP contribution in [-0.4, -0.2) is 10.1 Å². The molecule has 3 rings (SSSR count). The van der Waals surface area contributed by atoms with Crippen LogP contribution in [0.2, 0.25) is 0 Å². The Kier molecular flexibility index (Phi) is 3.49. The summed E-state index contributed by atoms with van der Waals surface area (Å²) in [6, 6.07) is 8.29. The third-order valence-electron chi connectivity index (χ3n) is 3.70. The average Bonchev–Trinajstić information content (AvgIpc) is 3.09. The van der Waals surface area contributed by atoms with Crippen LogP contribution < -0.4 is 5.32 Å². The molecule has 0 bridgehead atoms. The summed E-state index contributed by atoms with van der Waals surface area (Å²) in [6.07, 6.45) is 4.97. The molecule has 0 atom stereocenters. The van der Waals surface area contributed by atoms with Gasteiger partial charge in [-0.1, -0.05) is 35.7 Å². The van der Waals surface area contributed by atoms with Gasteiger partial charge in [0, 0.05) is 11.6 Å². The first-order valence-electron chi connectivity index (χ1n) is 6.94. The van der Waals surface area contributed by atoms with E-state index in [2.05, 4.69) is 46.6 Å². The first-order chi connectivity index (χ1) is 9.31. The first-order valence-corrected chi connectivity index (χ1v) is 6.94. The molecule has 1 heterocycles. The zero-order valence-corrected chi connectivity index (χ0v) is 11.2. The highest BCUT2D eigenvalue weighted by atomic mass is 16.5. The number of rotatable bonds is 4. The highest BCUT2D eigenvalue weighted by molar-refractivity contribution is 5.44. The van der Waals surface area contributed by atoms with Crippen molar-refractivity contribution in [3.63, 3.8) is 0 Å². The molecular formula is C15H19N3O. The predicted octanol–water partition coefficient (Wildman–Crippen LogP) is 3.65. The lowest BCUT2D eigenvalue weighted by Gasteiger charge is -2.03. The van der Waals surface area contributed by atoms with E-state index in [9.17, 15) is 0 Å². The van der Waals surface area contributed by atoms with Crippen LogP contribution in [0.3, 0.4) is 0 Å². The maximum absolute atomic E-state index is 5.30. The SMILES string of the molecule is Cc1ccc(NCc2nc(C3CCCC3)no2)cc1. The lowest BCUT2D eigenvalue weighted by Crippen LogP contribution is -2.00. The predicted molar refractivity (Wildman–Crippen MR) is 74.0 cm³/mol. The number of nitrogens with one attached hydrogen (secondary N) is 1. The molecule has 1 N–H and O–H groups in total. The van der Waals surface area contributed by atoms with Gasteiger partial charge in [0.2, 0.25) is 5.89 Å². The Morgan fingerprint density at radius 3 is 2.68 bits per heavy atom. The highest BCUT2D eigenvalue weighted by Crippen LogP contribution is 2.32. The third-order valence-corrected chi connectivity index (χ3v) is 3.70. The van der Waals surface area contributed by atoms with Crippen molar-refractivity contribution < 1.29 is 4.52 Å². The van der Waals surface area contributed by atoms with Gasteiger partial charge < -0.3 is 9.84 Å². The van der Waals surface area contributed by atoms with Crippen molar-refractivity contribution in [1.82, 2.24) is 10.1 Å². The molecule has 0 amide bonds. The van der Waals surface area contributed by atoms with E-state index in [4.69, 9.17) is 4.52 Å². The lowest BCUT2D eigenvalue weighted by molar-refractivity contribution is 0.374. The van der Waals surface area contributed by atoms with Crippen molar-refractivity contribution >= 4 is 5.69 Å². The second kappa shape index (κ2) is 5.43. The monoisotopic (exact) mass is 257 g/mol. The van der Waals surface area contributed by atoms with E-state index in [1.165, 1.54) is 31.2 Å². The number of benzene rings is 1. The molecule has 0 spiro atoms. The Balaban J connectivity index is 1.59. The molecule has 1 fully saturated rings. The summed E-state index contributed by atoms with van der Waals surface area (Å²) >= 11 is 0. The summed E-state index contributed by atoms with van der Waals surface area (Å²) in [4.78, 5) is 4.48. The van der Waals surface area contributed by atoms with Crippen LogP contribution in [0.1, 0.15) is 48.9 Å². The summed E-state index contributed by atoms with van der Waals surface area (Å²) in [5, 5.41) is 7.39. The summed E-state index contributed by atoms with van der Waals surface area (Å²) in [6.45, 7) is 2.67. The molecule has 0 unspecified atom stereocenters. The summed E-state index contributed by atoms with van der Waals surface area (Å²) in [5.74, 6) is 2.07. The van der Waals surface area contributed by atoms with Gasteiger partial charge in [0.05, 0.1) is 6.54 Å². The van der Waals surface area contributed by atoms with Crippen LogP contribution in [0.4, 0.5) is 5.69 Å². The molecule has 4 nitrogen and oxygen atoms in total. The van der Waals surface area contributed by atoms with Crippen molar-refractivity contribution in [3.05, 3.63) is 41.5 Å². The Hall–Kier alpha value is -1.84. The number of anilines is 1. The highest BCUT2D eigenvalue weighted by Gasteiger charge is 2.22. The zero-order valence-electron chi connectivity index (χ0n) is 11.2. The molecule has 1 aliphatic rings. The molecule has 100 valence electrons. The lowest BCUT2D eigenvalue weighted by atomic mass is 10.1. The smallest absolute Gasteiger partial charge is 0.245 e. The third kappa shape index (κ3) is 2.95. The van der Waals surface area contributed by atoms with Gasteiger partial charge in [-0.3, -0.25) is 0 Å². The maximum atomic E-state index is 5.30. The van der Waals surface area contributed by atoms with E-state index >= 15 is 0 Å². The molecule has 1 aromatic heterocycles. The Morgan fingerprint density at radius 1 is 1.21 bits per heavy atom. The van der Waals surface area contributed by atoms with Gasteiger partial charge in [-0.15, -0.1) is 0 Å². The van der Waals surface area contributed by atoms with Crippen molar-refractivity contribution in [3.8, 4) is 0 Å². The molecule has 0 saturated heterocycles. The molecule has 1 saturated carbocycles. The van der Waals surface area contributed by atoms with Gasteiger partial charge in [-0.25, -0.2) is 0 Å². The van der Waals surface area contributed by atoms with E-state index in [-0.39, 0.29) is 0 Å². The molecule has 19 heavy (non-hydrogen) atoms. The van der Waals surface area contributed by atoms with Gasteiger partial charge in [-0.2, -0.15) is 4.98 Å². The Morgan fingerprint density at radius 2 is 1.95 bits per heavy atom. The minimum atomic E-state index is 0.511. The van der Waals surface area contributed by atoms with Crippen molar-refractivity contribution in [2.45, 2.75) is 45.1 Å². The Bertz CT molecular complexity index is 527. The largest absolute Gasteiger partial charge is 0.376 e. The fourth-order valence-corrected chi connectivity index (χ4v) is 2.54. The van der Waals surface area contributed by atoms with Gasteiger partial charge >= 0.3 is 0 Å². The van der Waals surface area contributed by atoms with Crippen LogP contribution in [0.25, 0.3) is 0 Å². The van der Waals surface area contributed by atoms with Crippen LogP contribution in [0.15, 0.2) is 28.8 Å². The van der Waals surface area contributed by atoms with Crippen LogP contribution in [0, 0.1) is 6.92 Å². The molecule has 2 aromatic rings. The summed E-state index contributed by atoms with van der Waals surface area (Å²) < 4.78 is 5.30. The minimum Gasteiger partial charge on any atom is -0.376 e. The Labute approximate surface area is 113 Å². The second-order valence-electron chi connectivity index (χ2n) is 5.25. The summed E-state index contributed by atoms with van der Waals surface area (Å²) in [7, 11) is 0. The molecular weight excluding hydrogens is 238 g/mol. The van der Waals surface area contributed by atoms with Crippen LogP contribution in [0.5, 0.6) is 0 Å². The summed E-state index contributed by atoms with van der Waals surface area (Å²) in [5.41, 5.74) is 2.33. The molecule has 0 aliphatic heterocycles. The number of aromatic nitrogens is 2. The standard InChI is InChI=1S/C15H19N3O/c1-11-6-8-13(9-7-11)16-10-14-17-15(18-19-14)12-4-2-3-5-12/h6-9,12,16H,2-5,10H2,1H3. The van der Waals surface area contributed by atoms with Crippen LogP contribution in [-0.2, 0) is 6.54 Å². The van der Waals surface area contributed by atoms with E-state index in [1.54, 1.807) is 0 Å². The van der Waals surface area contributed by atoms with E-state index in [1.807, 2.05) is 0 Å². The number of aryl methyl sites for hydroxylation is 1. The van der Waals surface area contributed by atoms with Gasteiger partial charge in [0.1, 0.15) is 0 Å². The van der Waals surface area contributed by atoms with Crippen molar-refractivity contribution in [2.75, 3.05) is 5.32 Å². The first kappa shape index (κ1) is 12.2. The fraction of sp³-hybridized carbons (Fsp3) is 0.467. The number of hydrogen-bond donors (Lipinski definition) is 1. The number of nitrogens with zero attached hydrogens (tertiary/aromatic N) is 2. The molecule has 1 aliphatic carbocycles. The minimum absolute atomic E-state index is 0.511. The molecule has 0 radical (unpaired) electrons. The van der Waals surface area contributed by atoms with E-state index in [0.29, 0.717) is 18.4 Å². The van der Waals surface area contributed by atoms with Gasteiger partial charge in [0.25, 0.3) is 0 Å². The number of hydrogen-bond acceptors (Lipinski definition) is 4.